The van der Waals surface area contributed by atoms with Gasteiger partial charge in [0.1, 0.15) is 11.4 Å². The molecule has 0 saturated carbocycles. The van der Waals surface area contributed by atoms with Crippen molar-refractivity contribution in [1.29, 1.82) is 0 Å². The minimum Gasteiger partial charge on any atom is -0.444 e. The van der Waals surface area contributed by atoms with E-state index in [0.29, 0.717) is 43.5 Å². The molecule has 2 saturated heterocycles. The highest BCUT2D eigenvalue weighted by Crippen LogP contribution is 2.27. The quantitative estimate of drug-likeness (QED) is 0.636. The van der Waals surface area contributed by atoms with E-state index in [9.17, 15) is 9.59 Å². The van der Waals surface area contributed by atoms with Gasteiger partial charge in [0.2, 0.25) is 5.95 Å². The van der Waals surface area contributed by atoms with E-state index in [1.807, 2.05) is 30.6 Å². The summed E-state index contributed by atoms with van der Waals surface area (Å²) in [5.41, 5.74) is 5.61. The van der Waals surface area contributed by atoms with Gasteiger partial charge >= 0.3 is 6.09 Å². The molecule has 0 radical (unpaired) electrons. The van der Waals surface area contributed by atoms with Crippen molar-refractivity contribution in [1.82, 2.24) is 20.1 Å². The van der Waals surface area contributed by atoms with Crippen molar-refractivity contribution in [3.63, 3.8) is 0 Å². The molecule has 2 aliphatic rings. The van der Waals surface area contributed by atoms with Crippen molar-refractivity contribution in [2.45, 2.75) is 45.6 Å². The summed E-state index contributed by atoms with van der Waals surface area (Å²) in [5, 5.41) is 11.0. The van der Waals surface area contributed by atoms with Gasteiger partial charge in [-0.15, -0.1) is 10.2 Å². The number of aromatic nitrogens is 3. The molecule has 4 rings (SSSR count). The van der Waals surface area contributed by atoms with Gasteiger partial charge < -0.3 is 30.5 Å². The molecule has 0 spiro atoms. The molecule has 2 amide bonds. The maximum absolute atomic E-state index is 15.1. The monoisotopic (exact) mass is 500 g/mol. The Balaban J connectivity index is 1.45. The molecule has 3 N–H and O–H groups in total. The summed E-state index contributed by atoms with van der Waals surface area (Å²) in [6, 6.07) is 4.69. The standard InChI is InChI=1S/C24H33FN8O3/c1-24(2,3)36-23(35)33-13-11-31(12-14-33)18-8-7-16(15-17(18)25)27-21-19(20(26)34)29-30-22(28-21)32-9-5-4-6-10-32/h7-8,15H,4-6,9-14H2,1-3H3,(H2,26,34)(H,27,28,30). The molecule has 3 heterocycles. The molecule has 0 aliphatic carbocycles. The number of ether oxygens (including phenoxy) is 1. The fourth-order valence-electron chi connectivity index (χ4n) is 4.23. The number of nitrogens with zero attached hydrogens (tertiary/aromatic N) is 6. The lowest BCUT2D eigenvalue weighted by atomic mass is 10.1. The van der Waals surface area contributed by atoms with Crippen LogP contribution >= 0.6 is 0 Å². The Bertz CT molecular complexity index is 1110. The minimum absolute atomic E-state index is 0.112. The van der Waals surface area contributed by atoms with Crippen LogP contribution in [-0.2, 0) is 4.74 Å². The van der Waals surface area contributed by atoms with Gasteiger partial charge in [0, 0.05) is 45.0 Å². The maximum Gasteiger partial charge on any atom is 0.410 e. The van der Waals surface area contributed by atoms with Crippen molar-refractivity contribution in [2.24, 2.45) is 5.73 Å². The number of hydrogen-bond acceptors (Lipinski definition) is 9. The van der Waals surface area contributed by atoms with Crippen LogP contribution in [0.15, 0.2) is 18.2 Å². The van der Waals surface area contributed by atoms with Crippen LogP contribution in [0.1, 0.15) is 50.5 Å². The first-order valence-electron chi connectivity index (χ1n) is 12.2. The van der Waals surface area contributed by atoms with Crippen LogP contribution in [0.3, 0.4) is 0 Å². The molecule has 194 valence electrons. The Morgan fingerprint density at radius 1 is 1.00 bits per heavy atom. The molecular formula is C24H33FN8O3. The van der Waals surface area contributed by atoms with Crippen LogP contribution in [0.5, 0.6) is 0 Å². The highest BCUT2D eigenvalue weighted by molar-refractivity contribution is 5.96. The molecule has 12 heteroatoms. The predicted octanol–water partition coefficient (Wildman–Crippen LogP) is 2.90. The number of hydrogen-bond donors (Lipinski definition) is 2. The number of halogens is 1. The lowest BCUT2D eigenvalue weighted by Gasteiger charge is -2.36. The average Bonchev–Trinajstić information content (AvgIpc) is 2.83. The number of primary amides is 1. The zero-order valence-corrected chi connectivity index (χ0v) is 21.0. The van der Waals surface area contributed by atoms with E-state index in [0.717, 1.165) is 32.4 Å². The number of anilines is 4. The molecule has 2 aromatic rings. The van der Waals surface area contributed by atoms with Crippen molar-refractivity contribution < 1.29 is 18.7 Å². The number of nitrogens with one attached hydrogen (secondary N) is 1. The van der Waals surface area contributed by atoms with E-state index < -0.39 is 17.3 Å². The minimum atomic E-state index is -0.775. The second kappa shape index (κ2) is 10.5. The molecule has 0 unspecified atom stereocenters. The largest absolute Gasteiger partial charge is 0.444 e. The number of carbonyl (C=O) groups excluding carboxylic acids is 2. The molecule has 2 fully saturated rings. The molecule has 36 heavy (non-hydrogen) atoms. The number of piperazine rings is 1. The third-order valence-electron chi connectivity index (χ3n) is 6.03. The smallest absolute Gasteiger partial charge is 0.410 e. The van der Waals surface area contributed by atoms with Crippen molar-refractivity contribution >= 4 is 35.1 Å². The zero-order valence-electron chi connectivity index (χ0n) is 21.0. The van der Waals surface area contributed by atoms with Gasteiger partial charge in [0.25, 0.3) is 5.91 Å². The second-order valence-corrected chi connectivity index (χ2v) is 9.97. The van der Waals surface area contributed by atoms with Gasteiger partial charge in [0.05, 0.1) is 5.69 Å². The normalized spacial score (nSPS) is 16.6. The summed E-state index contributed by atoms with van der Waals surface area (Å²) in [5.74, 6) is -0.675. The molecular weight excluding hydrogens is 467 g/mol. The van der Waals surface area contributed by atoms with E-state index in [4.69, 9.17) is 10.5 Å². The van der Waals surface area contributed by atoms with Gasteiger partial charge in [-0.2, -0.15) is 4.98 Å². The van der Waals surface area contributed by atoms with Gasteiger partial charge in [-0.1, -0.05) is 0 Å². The molecule has 1 aromatic carbocycles. The zero-order chi connectivity index (χ0) is 25.9. The molecule has 0 bridgehead atoms. The Morgan fingerprint density at radius 2 is 1.69 bits per heavy atom. The number of benzene rings is 1. The fourth-order valence-corrected chi connectivity index (χ4v) is 4.23. The second-order valence-electron chi connectivity index (χ2n) is 9.97. The molecule has 2 aliphatic heterocycles. The third-order valence-corrected chi connectivity index (χ3v) is 6.03. The highest BCUT2D eigenvalue weighted by Gasteiger charge is 2.27. The number of carbonyl (C=O) groups is 2. The van der Waals surface area contributed by atoms with Gasteiger partial charge in [-0.3, -0.25) is 4.79 Å². The van der Waals surface area contributed by atoms with E-state index in [2.05, 4.69) is 20.5 Å². The van der Waals surface area contributed by atoms with Crippen molar-refractivity contribution in [3.8, 4) is 0 Å². The SMILES string of the molecule is CC(C)(C)OC(=O)N1CCN(c2ccc(Nc3nc(N4CCCCC4)nnc3C(N)=O)cc2F)CC1. The molecule has 1 aromatic heterocycles. The van der Waals surface area contributed by atoms with Crippen LogP contribution in [-0.4, -0.2) is 77.0 Å². The Kier molecular flexibility index (Phi) is 7.41. The lowest BCUT2D eigenvalue weighted by Crippen LogP contribution is -2.50. The van der Waals surface area contributed by atoms with Gasteiger partial charge in [0.15, 0.2) is 11.5 Å². The lowest BCUT2D eigenvalue weighted by molar-refractivity contribution is 0.0240. The summed E-state index contributed by atoms with van der Waals surface area (Å²) in [4.78, 5) is 34.2. The number of piperidine rings is 1. The third kappa shape index (κ3) is 6.10. The molecule has 0 atom stereocenters. The highest BCUT2D eigenvalue weighted by atomic mass is 19.1. The Labute approximate surface area is 209 Å². The van der Waals surface area contributed by atoms with E-state index in [1.54, 1.807) is 17.0 Å². The fraction of sp³-hybridized carbons (Fsp3) is 0.542. The first-order chi connectivity index (χ1) is 17.1. The van der Waals surface area contributed by atoms with Crippen LogP contribution in [0.2, 0.25) is 0 Å². The number of amides is 2. The average molecular weight is 501 g/mol. The van der Waals surface area contributed by atoms with E-state index in [-0.39, 0.29) is 17.6 Å². The van der Waals surface area contributed by atoms with Crippen molar-refractivity contribution in [2.75, 3.05) is 54.4 Å². The van der Waals surface area contributed by atoms with Crippen LogP contribution < -0.4 is 20.9 Å². The van der Waals surface area contributed by atoms with Crippen molar-refractivity contribution in [3.05, 3.63) is 29.7 Å². The summed E-state index contributed by atoms with van der Waals surface area (Å²) < 4.78 is 20.5. The van der Waals surface area contributed by atoms with Crippen LogP contribution in [0.4, 0.5) is 32.3 Å². The summed E-state index contributed by atoms with van der Waals surface area (Å²) in [7, 11) is 0. The number of nitrogens with two attached hydrogens (primary N) is 1. The first kappa shape index (κ1) is 25.4. The van der Waals surface area contributed by atoms with E-state index in [1.165, 1.54) is 6.07 Å². The Hall–Kier alpha value is -3.70. The summed E-state index contributed by atoms with van der Waals surface area (Å²) in [6.07, 6.45) is 2.84. The Morgan fingerprint density at radius 3 is 2.31 bits per heavy atom. The van der Waals surface area contributed by atoms with Crippen LogP contribution in [0, 0.1) is 5.82 Å². The number of rotatable bonds is 5. The topological polar surface area (TPSA) is 130 Å². The van der Waals surface area contributed by atoms with Crippen LogP contribution in [0.25, 0.3) is 0 Å². The maximum atomic E-state index is 15.1. The van der Waals surface area contributed by atoms with Gasteiger partial charge in [-0.25, -0.2) is 9.18 Å². The summed E-state index contributed by atoms with van der Waals surface area (Å²) in [6.45, 7) is 8.90. The molecule has 11 nitrogen and oxygen atoms in total. The first-order valence-corrected chi connectivity index (χ1v) is 12.2. The van der Waals surface area contributed by atoms with Gasteiger partial charge in [-0.05, 0) is 58.2 Å². The summed E-state index contributed by atoms with van der Waals surface area (Å²) >= 11 is 0. The van der Waals surface area contributed by atoms with E-state index >= 15 is 4.39 Å². The predicted molar refractivity (Wildman–Crippen MR) is 134 cm³/mol.